The van der Waals surface area contributed by atoms with Gasteiger partial charge in [0.2, 0.25) is 17.6 Å². The van der Waals surface area contributed by atoms with Crippen LogP contribution in [0.1, 0.15) is 40.3 Å². The van der Waals surface area contributed by atoms with Gasteiger partial charge in [-0.25, -0.2) is 33.4 Å². The van der Waals surface area contributed by atoms with Crippen LogP contribution in [0, 0.1) is 5.41 Å². The number of ketones is 1. The number of aromatic nitrogens is 4. The van der Waals surface area contributed by atoms with Crippen molar-refractivity contribution in [1.82, 2.24) is 30.2 Å². The average molecular weight is 898 g/mol. The summed E-state index contributed by atoms with van der Waals surface area (Å²) >= 11 is 1.03. The van der Waals surface area contributed by atoms with Crippen molar-refractivity contribution in [3.63, 3.8) is 0 Å². The topological polar surface area (TPSA) is 418 Å². The van der Waals surface area contributed by atoms with Gasteiger partial charge in [-0.15, -0.1) is 0 Å². The molecule has 0 aliphatic carbocycles. The second-order valence-electron chi connectivity index (χ2n) is 12.3. The average Bonchev–Trinajstić information content (AvgIpc) is 3.64. The number of nitrogens with one attached hydrogen (secondary N) is 2. The second-order valence-corrected chi connectivity index (χ2v) is 17.8. The molecule has 0 bridgehead atoms. The fraction of sp³-hybridized carbons (Fsp3) is 0.615. The van der Waals surface area contributed by atoms with Crippen molar-refractivity contribution in [2.24, 2.45) is 5.41 Å². The molecule has 11 N–H and O–H groups in total. The number of nitrogen functional groups attached to an aromatic ring is 1. The van der Waals surface area contributed by atoms with E-state index in [1.165, 1.54) is 20.8 Å². The molecule has 2 aromatic heterocycles. The third kappa shape index (κ3) is 16.5. The Bertz CT molecular complexity index is 1900. The van der Waals surface area contributed by atoms with E-state index in [9.17, 15) is 67.5 Å². The Morgan fingerprint density at radius 1 is 1.02 bits per heavy atom. The monoisotopic (exact) mass is 897 g/mol. The van der Waals surface area contributed by atoms with Gasteiger partial charge in [0.25, 0.3) is 0 Å². The third-order valence-corrected chi connectivity index (χ3v) is 11.0. The summed E-state index contributed by atoms with van der Waals surface area (Å²) in [5.41, 5.74) is 4.26. The molecule has 322 valence electrons. The Morgan fingerprint density at radius 3 is 2.21 bits per heavy atom. The van der Waals surface area contributed by atoms with Crippen LogP contribution in [0.25, 0.3) is 11.2 Å². The molecule has 1 fully saturated rings. The molecule has 3 heterocycles. The number of rotatable bonds is 20. The number of phosphoric ester groups is 3. The molecule has 2 amide bonds. The van der Waals surface area contributed by atoms with Gasteiger partial charge in [0.15, 0.2) is 22.8 Å². The lowest BCUT2D eigenvalue weighted by Crippen LogP contribution is -2.46. The van der Waals surface area contributed by atoms with Crippen molar-refractivity contribution in [3.05, 3.63) is 12.7 Å². The maximum absolute atomic E-state index is 12.6. The van der Waals surface area contributed by atoms with Crippen LogP contribution in [0.15, 0.2) is 12.7 Å². The number of aliphatic carboxylic acids is 1. The number of hydrogen-bond donors (Lipinski definition) is 10. The Kier molecular flexibility index (Phi) is 18.5. The Morgan fingerprint density at radius 2 is 1.63 bits per heavy atom. The van der Waals surface area contributed by atoms with Gasteiger partial charge in [-0.2, -0.15) is 4.31 Å². The summed E-state index contributed by atoms with van der Waals surface area (Å²) in [5.74, 6) is -3.29. The number of carboxylic acids is 1. The van der Waals surface area contributed by atoms with E-state index < -0.39 is 96.3 Å². The number of Topliss-reactive ketones (excluding diaryl/α,β-unsaturated/α-hetero) is 1. The highest BCUT2D eigenvalue weighted by Gasteiger charge is 2.50. The summed E-state index contributed by atoms with van der Waals surface area (Å²) in [6.07, 6.45) is -6.88. The minimum Gasteiger partial charge on any atom is -0.476 e. The lowest BCUT2D eigenvalue weighted by molar-refractivity contribution is -0.148. The minimum atomic E-state index is -5.56. The summed E-state index contributed by atoms with van der Waals surface area (Å²) in [4.78, 5) is 105. The first-order valence-corrected chi connectivity index (χ1v) is 21.4. The maximum atomic E-state index is 12.6. The van der Waals surface area contributed by atoms with Crippen LogP contribution in [-0.4, -0.2) is 140 Å². The number of phosphoric acid groups is 3. The Balaban J connectivity index is 0.00000173. The number of hydrogen-bond acceptors (Lipinski definition) is 20. The summed E-state index contributed by atoms with van der Waals surface area (Å²) in [7, 11) is -16.4. The van der Waals surface area contributed by atoms with E-state index in [4.69, 9.17) is 24.6 Å². The predicted molar refractivity (Wildman–Crippen MR) is 191 cm³/mol. The molecule has 1 saturated heterocycles. The van der Waals surface area contributed by atoms with Gasteiger partial charge in [0.05, 0.1) is 19.5 Å². The summed E-state index contributed by atoms with van der Waals surface area (Å²) in [6.45, 7) is 2.90. The molecule has 1 aliphatic rings. The normalized spacial score (nSPS) is 21.0. The SMILES string of the molecule is CC(=O)C(=O)O.CC(=O)SCCNC(=O)CCNC(=O)C(O)C(C)(C)COP(=O)(O)OP(=O)(O)OC[C@H]1O[C@@H](n2cnc3c(N)ncnc32)[C@H](O)[C@@H]1OP(=O)(O)O. The number of anilines is 1. The van der Waals surface area contributed by atoms with Crippen molar-refractivity contribution in [2.45, 2.75) is 64.8 Å². The van der Waals surface area contributed by atoms with E-state index >= 15 is 0 Å². The molecule has 57 heavy (non-hydrogen) atoms. The maximum Gasteiger partial charge on any atom is 0.481 e. The first-order valence-electron chi connectivity index (χ1n) is 15.9. The van der Waals surface area contributed by atoms with Gasteiger partial charge < -0.3 is 56.0 Å². The van der Waals surface area contributed by atoms with Crippen molar-refractivity contribution in [1.29, 1.82) is 0 Å². The molecule has 2 aromatic rings. The van der Waals surface area contributed by atoms with Crippen molar-refractivity contribution in [2.75, 3.05) is 37.8 Å². The first-order chi connectivity index (χ1) is 26.2. The lowest BCUT2D eigenvalue weighted by Gasteiger charge is -2.30. The smallest absolute Gasteiger partial charge is 0.476 e. The lowest BCUT2D eigenvalue weighted by atomic mass is 9.87. The van der Waals surface area contributed by atoms with E-state index in [0.717, 1.165) is 35.9 Å². The van der Waals surface area contributed by atoms with Crippen molar-refractivity contribution >= 4 is 80.9 Å². The standard InChI is InChI=1S/C23H38N7O17P3S.C3H4O3/c1-12(31)51-7-6-25-14(32)4-5-26-21(35)18(34)23(2,3)9-44-50(41,42)47-49(39,40)43-8-13-17(46-48(36,37)38)16(33)22(45-13)30-11-29-15-19(24)27-10-28-20(15)30;1-2(4)3(5)6/h10-11,13,16-18,22,33-34H,4-9H2,1-3H3,(H,25,32)(H,26,35)(H,39,40)(H,41,42)(H2,24,27,28)(H2,36,37,38);1H3,(H,5,6)/t13-,16-,17-,18?,22-;/m1./s1. The summed E-state index contributed by atoms with van der Waals surface area (Å²) in [5, 5.41) is 33.7. The van der Waals surface area contributed by atoms with Crippen molar-refractivity contribution < 1.29 is 95.2 Å². The largest absolute Gasteiger partial charge is 0.481 e. The van der Waals surface area contributed by atoms with Gasteiger partial charge in [0.1, 0.15) is 36.3 Å². The number of ether oxygens (including phenoxy) is 1. The first kappa shape index (κ1) is 49.8. The van der Waals surface area contributed by atoms with E-state index in [1.807, 2.05) is 0 Å². The predicted octanol–water partition coefficient (Wildman–Crippen LogP) is -1.66. The van der Waals surface area contributed by atoms with Crippen LogP contribution in [-0.2, 0) is 60.3 Å². The van der Waals surface area contributed by atoms with E-state index in [1.54, 1.807) is 0 Å². The number of carbonyl (C=O) groups excluding carboxylic acids is 4. The fourth-order valence-electron chi connectivity index (χ4n) is 4.32. The quantitative estimate of drug-likeness (QED) is 0.0404. The van der Waals surface area contributed by atoms with Gasteiger partial charge in [-0.1, -0.05) is 25.6 Å². The second kappa shape index (κ2) is 21.1. The number of carbonyl (C=O) groups is 5. The van der Waals surface area contributed by atoms with Crippen molar-refractivity contribution in [3.8, 4) is 0 Å². The Labute approximate surface area is 326 Å². The molecule has 0 radical (unpaired) electrons. The molecule has 0 spiro atoms. The number of thioether (sulfide) groups is 1. The number of aliphatic hydroxyl groups excluding tert-OH is 2. The van der Waals surface area contributed by atoms with Gasteiger partial charge in [0, 0.05) is 44.5 Å². The molecular formula is C26H42N7O20P3S. The summed E-state index contributed by atoms with van der Waals surface area (Å²) < 4.78 is 61.8. The number of carboxylic acid groups (broad SMARTS) is 1. The molecule has 1 aliphatic heterocycles. The Hall–Kier alpha value is -3.30. The highest BCUT2D eigenvalue weighted by molar-refractivity contribution is 8.13. The van der Waals surface area contributed by atoms with Gasteiger partial charge in [-0.05, 0) is 0 Å². The molecule has 0 aromatic carbocycles. The summed E-state index contributed by atoms with van der Waals surface area (Å²) in [6, 6.07) is 0. The van der Waals surface area contributed by atoms with Gasteiger partial charge >= 0.3 is 29.4 Å². The number of fused-ring (bicyclic) bond motifs is 1. The number of nitrogens with two attached hydrogens (primary N) is 1. The van der Waals surface area contributed by atoms with Crippen LogP contribution >= 0.6 is 35.2 Å². The molecular weight excluding hydrogens is 855 g/mol. The molecule has 3 unspecified atom stereocenters. The molecule has 0 saturated carbocycles. The zero-order valence-electron chi connectivity index (χ0n) is 30.3. The number of nitrogens with zero attached hydrogens (tertiary/aromatic N) is 4. The zero-order chi connectivity index (χ0) is 43.5. The highest BCUT2D eigenvalue weighted by atomic mass is 32.2. The number of aliphatic hydroxyl groups is 2. The fourth-order valence-corrected chi connectivity index (χ4v) is 7.65. The molecule has 3 rings (SSSR count). The molecule has 7 atom stereocenters. The third-order valence-electron chi connectivity index (χ3n) is 7.11. The molecule has 27 nitrogen and oxygen atoms in total. The van der Waals surface area contributed by atoms with Gasteiger partial charge in [-0.3, -0.25) is 37.3 Å². The van der Waals surface area contributed by atoms with Crippen LogP contribution in [0.2, 0.25) is 0 Å². The van der Waals surface area contributed by atoms with E-state index in [-0.39, 0.29) is 41.6 Å². The van der Waals surface area contributed by atoms with Crippen LogP contribution in [0.5, 0.6) is 0 Å². The number of imidazole rings is 1. The number of amides is 2. The highest BCUT2D eigenvalue weighted by Crippen LogP contribution is 2.61. The minimum absolute atomic E-state index is 0.0310. The van der Waals surface area contributed by atoms with Crippen LogP contribution < -0.4 is 16.4 Å². The molecule has 31 heteroatoms. The van der Waals surface area contributed by atoms with Crippen LogP contribution in [0.4, 0.5) is 5.82 Å². The van der Waals surface area contributed by atoms with Crippen LogP contribution in [0.3, 0.4) is 0 Å². The van der Waals surface area contributed by atoms with E-state index in [0.29, 0.717) is 5.75 Å². The van der Waals surface area contributed by atoms with E-state index in [2.05, 4.69) is 34.4 Å². The zero-order valence-corrected chi connectivity index (χ0v) is 33.8.